The van der Waals surface area contributed by atoms with Crippen molar-refractivity contribution < 1.29 is 0 Å². The van der Waals surface area contributed by atoms with E-state index in [0.717, 1.165) is 0 Å². The van der Waals surface area contributed by atoms with Gasteiger partial charge in [-0.1, -0.05) is 0 Å². The average molecular weight is 387 g/mol. The molecule has 0 radical (unpaired) electrons. The van der Waals surface area contributed by atoms with E-state index in [1.54, 1.807) is 12.3 Å². The highest BCUT2D eigenvalue weighted by molar-refractivity contribution is 14.1. The lowest BCUT2D eigenvalue weighted by molar-refractivity contribution is 1.07. The van der Waals surface area contributed by atoms with Crippen molar-refractivity contribution in [3.8, 4) is 0 Å². The minimum Gasteiger partial charge on any atom is -0.346 e. The Balaban J connectivity index is 3.05. The third kappa shape index (κ3) is 1.16. The second kappa shape index (κ2) is 2.98. The summed E-state index contributed by atoms with van der Waals surface area (Å²) in [5, 5.41) is 0.629. The zero-order chi connectivity index (χ0) is 8.72. The van der Waals surface area contributed by atoms with Gasteiger partial charge in [0.25, 0.3) is 5.56 Å². The van der Waals surface area contributed by atoms with Crippen LogP contribution in [0.1, 0.15) is 0 Å². The third-order valence-corrected chi connectivity index (χ3v) is 4.04. The highest BCUT2D eigenvalue weighted by Gasteiger charge is 2.06. The maximum absolute atomic E-state index is 11.5. The summed E-state index contributed by atoms with van der Waals surface area (Å²) in [6, 6.07) is 1.73. The fourth-order valence-electron chi connectivity index (χ4n) is 0.951. The molecule has 4 nitrogen and oxygen atoms in total. The molecule has 12 heavy (non-hydrogen) atoms. The molecule has 0 saturated heterocycles. The van der Waals surface area contributed by atoms with Gasteiger partial charge in [0.05, 0.1) is 28.3 Å². The molecule has 62 valence electrons. The van der Waals surface area contributed by atoms with Crippen LogP contribution in [0.15, 0.2) is 17.1 Å². The molecule has 6 heteroatoms. The summed E-state index contributed by atoms with van der Waals surface area (Å²) in [6.07, 6.45) is 1.71. The Labute approximate surface area is 95.0 Å². The van der Waals surface area contributed by atoms with E-state index >= 15 is 0 Å². The van der Waals surface area contributed by atoms with Gasteiger partial charge in [-0.3, -0.25) is 4.79 Å². The molecule has 2 heterocycles. The number of hydrogen-bond acceptors (Lipinski definition) is 2. The Morgan fingerprint density at radius 1 is 1.58 bits per heavy atom. The van der Waals surface area contributed by atoms with E-state index in [1.165, 1.54) is 2.78 Å². The number of H-pyrrole nitrogens is 1. The van der Waals surface area contributed by atoms with E-state index in [1.807, 2.05) is 45.5 Å². The van der Waals surface area contributed by atoms with Crippen LogP contribution in [-0.4, -0.2) is 12.7 Å². The van der Waals surface area contributed by atoms with Gasteiger partial charge in [0.2, 0.25) is 0 Å². The lowest BCUT2D eigenvalue weighted by atomic mass is 10.4. The maximum Gasteiger partial charge on any atom is 0.272 e. The number of aromatic nitrogens is 3. The van der Waals surface area contributed by atoms with Crippen LogP contribution < -0.4 is 5.56 Å². The van der Waals surface area contributed by atoms with Gasteiger partial charge < -0.3 is 4.98 Å². The van der Waals surface area contributed by atoms with E-state index in [4.69, 9.17) is 0 Å². The fraction of sp³-hybridized carbons (Fsp3) is 0. The first kappa shape index (κ1) is 8.48. The van der Waals surface area contributed by atoms with Gasteiger partial charge in [-0.05, 0) is 6.07 Å². The van der Waals surface area contributed by atoms with Gasteiger partial charge >= 0.3 is 0 Å². The van der Waals surface area contributed by atoms with Crippen LogP contribution in [0, 0.1) is 3.83 Å². The van der Waals surface area contributed by atoms with E-state index in [9.17, 15) is 4.79 Å². The van der Waals surface area contributed by atoms with Crippen LogP contribution in [0.5, 0.6) is 0 Å². The van der Waals surface area contributed by atoms with Crippen molar-refractivity contribution in [3.05, 3.63) is 26.4 Å². The van der Waals surface area contributed by atoms with Crippen LogP contribution in [0.4, 0.5) is 0 Å². The molecule has 0 fully saturated rings. The summed E-state index contributed by atoms with van der Waals surface area (Å²) in [6.45, 7) is 0. The second-order valence-electron chi connectivity index (χ2n) is 2.21. The number of nitrogens with zero attached hydrogens (tertiary/aromatic N) is 2. The van der Waals surface area contributed by atoms with Crippen LogP contribution >= 0.6 is 45.5 Å². The Morgan fingerprint density at radius 2 is 2.33 bits per heavy atom. The average Bonchev–Trinajstić information content (AvgIpc) is 2.48. The van der Waals surface area contributed by atoms with Crippen molar-refractivity contribution in [2.45, 2.75) is 0 Å². The Hall–Kier alpha value is -0.120. The zero-order valence-electron chi connectivity index (χ0n) is 5.71. The van der Waals surface area contributed by atoms with Crippen molar-refractivity contribution in [1.82, 2.24) is 12.7 Å². The van der Waals surface area contributed by atoms with Crippen LogP contribution in [0.3, 0.4) is 0 Å². The molecular weight excluding hydrogens is 384 g/mol. The zero-order valence-corrected chi connectivity index (χ0v) is 10.0. The Morgan fingerprint density at radius 3 is 3.08 bits per heavy atom. The summed E-state index contributed by atoms with van der Waals surface area (Å²) in [7, 11) is 0. The van der Waals surface area contributed by atoms with Crippen LogP contribution in [-0.2, 0) is 0 Å². The maximum atomic E-state index is 11.5. The molecule has 0 aliphatic rings. The quantitative estimate of drug-likeness (QED) is 0.551. The topological polar surface area (TPSA) is 50.7 Å². The summed E-state index contributed by atoms with van der Waals surface area (Å²) < 4.78 is 2.17. The molecule has 0 aliphatic heterocycles. The molecule has 0 bridgehead atoms. The number of halogens is 2. The molecule has 2 aromatic heterocycles. The van der Waals surface area contributed by atoms with Crippen LogP contribution in [0.2, 0.25) is 0 Å². The van der Waals surface area contributed by atoms with Crippen molar-refractivity contribution in [2.24, 2.45) is 0 Å². The van der Waals surface area contributed by atoms with E-state index in [0.29, 0.717) is 14.9 Å². The van der Waals surface area contributed by atoms with E-state index in [-0.39, 0.29) is 5.56 Å². The summed E-state index contributed by atoms with van der Waals surface area (Å²) in [5.74, 6) is 0. The van der Waals surface area contributed by atoms with Gasteiger partial charge in [0, 0.05) is 28.8 Å². The predicted molar refractivity (Wildman–Crippen MR) is 62.5 cm³/mol. The van der Waals surface area contributed by atoms with Crippen molar-refractivity contribution in [1.29, 1.82) is 0 Å². The molecule has 0 spiro atoms. The molecule has 1 N–H and O–H groups in total. The first-order valence-corrected chi connectivity index (χ1v) is 5.16. The van der Waals surface area contributed by atoms with Crippen molar-refractivity contribution in [3.63, 3.8) is 0 Å². The molecule has 0 atom stereocenters. The number of aromatic amines is 1. The highest BCUT2D eigenvalue weighted by Crippen LogP contribution is 2.08. The van der Waals surface area contributed by atoms with Crippen molar-refractivity contribution >= 4 is 56.5 Å². The lowest BCUT2D eigenvalue weighted by Gasteiger charge is -1.96. The SMILES string of the molecule is O=c1c2cc[nH]c2nc(I)n1I. The molecule has 0 unspecified atom stereocenters. The number of fused-ring (bicyclic) bond motifs is 1. The molecule has 0 aliphatic carbocycles. The summed E-state index contributed by atoms with van der Waals surface area (Å²) in [5.41, 5.74) is 0.628. The van der Waals surface area contributed by atoms with Gasteiger partial charge in [0.1, 0.15) is 5.65 Å². The Kier molecular flexibility index (Phi) is 2.10. The normalized spacial score (nSPS) is 10.8. The Bertz CT molecular complexity index is 487. The largest absolute Gasteiger partial charge is 0.346 e. The summed E-state index contributed by atoms with van der Waals surface area (Å²) in [4.78, 5) is 18.6. The van der Waals surface area contributed by atoms with E-state index < -0.39 is 0 Å². The molecule has 0 saturated carbocycles. The number of hydrogen-bond donors (Lipinski definition) is 1. The molecule has 0 aromatic carbocycles. The second-order valence-corrected chi connectivity index (χ2v) is 4.14. The third-order valence-electron chi connectivity index (χ3n) is 1.50. The van der Waals surface area contributed by atoms with E-state index in [2.05, 4.69) is 9.97 Å². The monoisotopic (exact) mass is 387 g/mol. The number of nitrogens with one attached hydrogen (secondary N) is 1. The van der Waals surface area contributed by atoms with Crippen LogP contribution in [0.25, 0.3) is 11.0 Å². The fourth-order valence-corrected chi connectivity index (χ4v) is 1.78. The molecule has 2 aromatic rings. The van der Waals surface area contributed by atoms with Gasteiger partial charge in [-0.2, -0.15) is 0 Å². The predicted octanol–water partition coefficient (Wildman–Crippen LogP) is 1.53. The summed E-state index contributed by atoms with van der Waals surface area (Å²) >= 11 is 3.95. The minimum absolute atomic E-state index is 0.0220. The van der Waals surface area contributed by atoms with Gasteiger partial charge in [-0.25, -0.2) is 7.76 Å². The van der Waals surface area contributed by atoms with Gasteiger partial charge in [-0.15, -0.1) is 0 Å². The standard InChI is InChI=1S/C6H3I2N3O/c7-6-10-4-3(1-2-9-4)5(12)11(6)8/h1-2,9H. The molecule has 2 rings (SSSR count). The number of rotatable bonds is 0. The highest BCUT2D eigenvalue weighted by atomic mass is 127. The van der Waals surface area contributed by atoms with Gasteiger partial charge in [0.15, 0.2) is 3.83 Å². The first-order valence-electron chi connectivity index (χ1n) is 3.12. The van der Waals surface area contributed by atoms with Crippen molar-refractivity contribution in [2.75, 3.05) is 0 Å². The minimum atomic E-state index is -0.0220. The lowest BCUT2D eigenvalue weighted by Crippen LogP contribution is -2.15. The first-order chi connectivity index (χ1) is 5.70. The smallest absolute Gasteiger partial charge is 0.272 e. The molecular formula is C6H3I2N3O. The molecule has 0 amide bonds.